The summed E-state index contributed by atoms with van der Waals surface area (Å²) in [5.41, 5.74) is 1.37. The molecule has 0 spiro atoms. The maximum absolute atomic E-state index is 11.1. The molecule has 4 heteroatoms. The molecule has 0 bridgehead atoms. The quantitative estimate of drug-likeness (QED) is 0.642. The molecule has 0 amide bonds. The zero-order valence-electron chi connectivity index (χ0n) is 12.2. The lowest BCUT2D eigenvalue weighted by Crippen LogP contribution is -2.35. The Morgan fingerprint density at radius 1 is 1.32 bits per heavy atom. The van der Waals surface area contributed by atoms with Gasteiger partial charge in [0.1, 0.15) is 0 Å². The highest BCUT2D eigenvalue weighted by Gasteiger charge is 2.10. The highest BCUT2D eigenvalue weighted by atomic mass is 32.2. The van der Waals surface area contributed by atoms with Gasteiger partial charge in [-0.05, 0) is 32.4 Å². The number of thioether (sulfide) groups is 1. The summed E-state index contributed by atoms with van der Waals surface area (Å²) in [6, 6.07) is 8.30. The fourth-order valence-corrected chi connectivity index (χ4v) is 2.49. The molecule has 3 nitrogen and oxygen atoms in total. The minimum absolute atomic E-state index is 0.101. The van der Waals surface area contributed by atoms with Crippen molar-refractivity contribution in [3.05, 3.63) is 29.8 Å². The second-order valence-electron chi connectivity index (χ2n) is 5.39. The molecule has 0 heterocycles. The van der Waals surface area contributed by atoms with E-state index in [2.05, 4.69) is 43.0 Å². The molecule has 1 aromatic rings. The van der Waals surface area contributed by atoms with Crippen LogP contribution in [0.4, 0.5) is 0 Å². The Labute approximate surface area is 120 Å². The Balaban J connectivity index is 2.55. The average Bonchev–Trinajstić information content (AvgIpc) is 2.36. The van der Waals surface area contributed by atoms with Crippen molar-refractivity contribution >= 4 is 17.7 Å². The molecular formula is C15H23NO2S. The van der Waals surface area contributed by atoms with Crippen molar-refractivity contribution < 1.29 is 9.53 Å². The van der Waals surface area contributed by atoms with Crippen molar-refractivity contribution in [3.63, 3.8) is 0 Å². The largest absolute Gasteiger partial charge is 0.469 e. The van der Waals surface area contributed by atoms with Gasteiger partial charge in [0.25, 0.3) is 0 Å². The number of hydrogen-bond donors (Lipinski definition) is 1. The van der Waals surface area contributed by atoms with Crippen molar-refractivity contribution in [3.8, 4) is 0 Å². The summed E-state index contributed by atoms with van der Waals surface area (Å²) in [7, 11) is 1.42. The summed E-state index contributed by atoms with van der Waals surface area (Å²) in [5, 5.41) is 3.48. The third kappa shape index (κ3) is 6.64. The Kier molecular flexibility index (Phi) is 6.38. The first kappa shape index (κ1) is 16.1. The Bertz CT molecular complexity index is 413. The molecule has 0 saturated heterocycles. The molecule has 0 radical (unpaired) electrons. The van der Waals surface area contributed by atoms with Gasteiger partial charge in [0, 0.05) is 22.7 Å². The van der Waals surface area contributed by atoms with Crippen LogP contribution in [0.2, 0.25) is 0 Å². The van der Waals surface area contributed by atoms with Crippen LogP contribution in [0.25, 0.3) is 0 Å². The Morgan fingerprint density at radius 2 is 2.00 bits per heavy atom. The van der Waals surface area contributed by atoms with E-state index < -0.39 is 0 Å². The Hall–Kier alpha value is -1.00. The van der Waals surface area contributed by atoms with Crippen molar-refractivity contribution in [2.75, 3.05) is 12.9 Å². The lowest BCUT2D eigenvalue weighted by atomic mass is 10.1. The van der Waals surface area contributed by atoms with Crippen molar-refractivity contribution in [1.29, 1.82) is 0 Å². The van der Waals surface area contributed by atoms with Gasteiger partial charge >= 0.3 is 5.97 Å². The van der Waals surface area contributed by atoms with Crippen LogP contribution in [0.3, 0.4) is 0 Å². The molecule has 106 valence electrons. The first-order valence-corrected chi connectivity index (χ1v) is 7.43. The van der Waals surface area contributed by atoms with Gasteiger partial charge in [0.15, 0.2) is 0 Å². The Morgan fingerprint density at radius 3 is 2.63 bits per heavy atom. The van der Waals surface area contributed by atoms with Gasteiger partial charge < -0.3 is 10.1 Å². The van der Waals surface area contributed by atoms with Gasteiger partial charge in [-0.15, -0.1) is 11.8 Å². The molecule has 0 aliphatic heterocycles. The molecule has 0 aromatic heterocycles. The normalized spacial score (nSPS) is 11.4. The summed E-state index contributed by atoms with van der Waals surface area (Å²) in [6.45, 7) is 7.30. The highest BCUT2D eigenvalue weighted by Crippen LogP contribution is 2.23. The van der Waals surface area contributed by atoms with Crippen LogP contribution < -0.4 is 5.32 Å². The van der Waals surface area contributed by atoms with Gasteiger partial charge in [-0.3, -0.25) is 4.79 Å². The number of methoxy groups -OCH3 is 1. The van der Waals surface area contributed by atoms with E-state index in [1.165, 1.54) is 17.6 Å². The zero-order valence-corrected chi connectivity index (χ0v) is 13.0. The topological polar surface area (TPSA) is 38.3 Å². The van der Waals surface area contributed by atoms with E-state index in [1.54, 1.807) is 11.8 Å². The zero-order chi connectivity index (χ0) is 14.3. The molecule has 0 saturated carbocycles. The SMILES string of the molecule is COC(=O)CCSc1ccccc1CNC(C)(C)C. The first-order valence-electron chi connectivity index (χ1n) is 6.45. The third-order valence-corrected chi connectivity index (χ3v) is 3.69. The lowest BCUT2D eigenvalue weighted by molar-refractivity contribution is -0.140. The number of carbonyl (C=O) groups excluding carboxylic acids is 1. The fraction of sp³-hybridized carbons (Fsp3) is 0.533. The number of benzene rings is 1. The minimum Gasteiger partial charge on any atom is -0.469 e. The van der Waals surface area contributed by atoms with Crippen LogP contribution in [0.1, 0.15) is 32.8 Å². The standard InChI is InChI=1S/C15H23NO2S/c1-15(2,3)16-11-12-7-5-6-8-13(12)19-10-9-14(17)18-4/h5-8,16H,9-11H2,1-4H3. The maximum atomic E-state index is 11.1. The molecule has 0 aliphatic carbocycles. The van der Waals surface area contributed by atoms with E-state index >= 15 is 0 Å². The number of hydrogen-bond acceptors (Lipinski definition) is 4. The summed E-state index contributed by atoms with van der Waals surface area (Å²) in [6.07, 6.45) is 0.447. The van der Waals surface area contributed by atoms with Crippen molar-refractivity contribution in [1.82, 2.24) is 5.32 Å². The number of ether oxygens (including phenoxy) is 1. The number of rotatable bonds is 6. The first-order chi connectivity index (χ1) is 8.92. The molecule has 1 rings (SSSR count). The van der Waals surface area contributed by atoms with Gasteiger partial charge in [-0.25, -0.2) is 0 Å². The molecule has 19 heavy (non-hydrogen) atoms. The number of esters is 1. The van der Waals surface area contributed by atoms with Crippen LogP contribution in [0.5, 0.6) is 0 Å². The lowest BCUT2D eigenvalue weighted by Gasteiger charge is -2.21. The second kappa shape index (κ2) is 7.56. The predicted octanol–water partition coefficient (Wildman–Crippen LogP) is 3.23. The monoisotopic (exact) mass is 281 g/mol. The van der Waals surface area contributed by atoms with Crippen LogP contribution >= 0.6 is 11.8 Å². The molecule has 0 unspecified atom stereocenters. The number of nitrogens with one attached hydrogen (secondary N) is 1. The molecule has 0 aliphatic rings. The highest BCUT2D eigenvalue weighted by molar-refractivity contribution is 7.99. The molecular weight excluding hydrogens is 258 g/mol. The molecule has 0 fully saturated rings. The smallest absolute Gasteiger partial charge is 0.306 e. The minimum atomic E-state index is -0.155. The van der Waals surface area contributed by atoms with E-state index in [-0.39, 0.29) is 11.5 Å². The molecule has 1 aromatic carbocycles. The van der Waals surface area contributed by atoms with E-state index in [0.717, 1.165) is 12.3 Å². The number of carbonyl (C=O) groups is 1. The second-order valence-corrected chi connectivity index (χ2v) is 6.52. The van der Waals surface area contributed by atoms with E-state index in [9.17, 15) is 4.79 Å². The summed E-state index contributed by atoms with van der Waals surface area (Å²) < 4.78 is 4.65. The summed E-state index contributed by atoms with van der Waals surface area (Å²) in [4.78, 5) is 12.3. The van der Waals surface area contributed by atoms with E-state index in [0.29, 0.717) is 6.42 Å². The van der Waals surface area contributed by atoms with Crippen LogP contribution in [0, 0.1) is 0 Å². The van der Waals surface area contributed by atoms with Gasteiger partial charge in [0.05, 0.1) is 13.5 Å². The third-order valence-electron chi connectivity index (χ3n) is 2.57. The van der Waals surface area contributed by atoms with Crippen molar-refractivity contribution in [2.24, 2.45) is 0 Å². The van der Waals surface area contributed by atoms with Crippen LogP contribution in [-0.2, 0) is 16.1 Å². The van der Waals surface area contributed by atoms with Gasteiger partial charge in [-0.2, -0.15) is 0 Å². The van der Waals surface area contributed by atoms with Crippen LogP contribution in [-0.4, -0.2) is 24.4 Å². The summed E-state index contributed by atoms with van der Waals surface area (Å²) >= 11 is 1.70. The van der Waals surface area contributed by atoms with E-state index in [4.69, 9.17) is 0 Å². The molecule has 0 atom stereocenters. The average molecular weight is 281 g/mol. The summed E-state index contributed by atoms with van der Waals surface area (Å²) in [5.74, 6) is 0.594. The van der Waals surface area contributed by atoms with Gasteiger partial charge in [-0.1, -0.05) is 18.2 Å². The maximum Gasteiger partial charge on any atom is 0.306 e. The molecule has 1 N–H and O–H groups in total. The van der Waals surface area contributed by atoms with Crippen LogP contribution in [0.15, 0.2) is 29.2 Å². The predicted molar refractivity (Wildman–Crippen MR) is 80.4 cm³/mol. The fourth-order valence-electron chi connectivity index (χ4n) is 1.50. The van der Waals surface area contributed by atoms with Gasteiger partial charge in [0.2, 0.25) is 0 Å². The van der Waals surface area contributed by atoms with E-state index in [1.807, 2.05) is 12.1 Å². The van der Waals surface area contributed by atoms with Crippen molar-refractivity contribution in [2.45, 2.75) is 44.2 Å².